The van der Waals surface area contributed by atoms with Gasteiger partial charge in [0.2, 0.25) is 0 Å². The highest BCUT2D eigenvalue weighted by Gasteiger charge is 2.37. The molecule has 4 heteroatoms. The van der Waals surface area contributed by atoms with E-state index in [9.17, 15) is 9.59 Å². The zero-order valence-electron chi connectivity index (χ0n) is 12.4. The molecule has 0 aliphatic heterocycles. The second-order valence-electron chi connectivity index (χ2n) is 5.34. The molecule has 0 saturated heterocycles. The van der Waals surface area contributed by atoms with E-state index in [0.717, 1.165) is 18.4 Å². The maximum absolute atomic E-state index is 12.3. The SMILES string of the molecule is CCOC(=O)C1CCCCC1C(=O)OCc1ccccc1. The van der Waals surface area contributed by atoms with E-state index in [0.29, 0.717) is 19.4 Å². The Kier molecular flexibility index (Phi) is 5.78. The van der Waals surface area contributed by atoms with Crippen LogP contribution in [0.25, 0.3) is 0 Å². The van der Waals surface area contributed by atoms with Crippen molar-refractivity contribution in [1.82, 2.24) is 0 Å². The van der Waals surface area contributed by atoms with Gasteiger partial charge in [0.1, 0.15) is 6.61 Å². The van der Waals surface area contributed by atoms with Gasteiger partial charge < -0.3 is 9.47 Å². The molecule has 0 radical (unpaired) electrons. The zero-order valence-corrected chi connectivity index (χ0v) is 12.4. The van der Waals surface area contributed by atoms with Gasteiger partial charge in [-0.05, 0) is 25.3 Å². The van der Waals surface area contributed by atoms with Gasteiger partial charge in [-0.3, -0.25) is 9.59 Å². The zero-order chi connectivity index (χ0) is 15.1. The third-order valence-electron chi connectivity index (χ3n) is 3.88. The second kappa shape index (κ2) is 7.81. The van der Waals surface area contributed by atoms with Gasteiger partial charge in [0.05, 0.1) is 18.4 Å². The van der Waals surface area contributed by atoms with E-state index in [2.05, 4.69) is 0 Å². The fourth-order valence-corrected chi connectivity index (χ4v) is 2.78. The summed E-state index contributed by atoms with van der Waals surface area (Å²) in [6.45, 7) is 2.39. The summed E-state index contributed by atoms with van der Waals surface area (Å²) >= 11 is 0. The molecule has 2 rings (SSSR count). The summed E-state index contributed by atoms with van der Waals surface area (Å²) in [5.74, 6) is -1.25. The molecule has 1 aromatic rings. The number of esters is 2. The van der Waals surface area contributed by atoms with E-state index >= 15 is 0 Å². The third-order valence-corrected chi connectivity index (χ3v) is 3.88. The molecule has 0 N–H and O–H groups in total. The number of carbonyl (C=O) groups is 2. The van der Waals surface area contributed by atoms with Crippen LogP contribution in [0.3, 0.4) is 0 Å². The van der Waals surface area contributed by atoms with Crippen molar-refractivity contribution in [2.75, 3.05) is 6.61 Å². The molecule has 1 fully saturated rings. The van der Waals surface area contributed by atoms with Gasteiger partial charge in [-0.15, -0.1) is 0 Å². The van der Waals surface area contributed by atoms with Crippen LogP contribution in [-0.2, 0) is 25.7 Å². The summed E-state index contributed by atoms with van der Waals surface area (Å²) in [6, 6.07) is 9.56. The van der Waals surface area contributed by atoms with Gasteiger partial charge >= 0.3 is 11.9 Å². The van der Waals surface area contributed by atoms with Crippen molar-refractivity contribution in [3.63, 3.8) is 0 Å². The van der Waals surface area contributed by atoms with Crippen LogP contribution in [0.1, 0.15) is 38.2 Å². The van der Waals surface area contributed by atoms with Crippen molar-refractivity contribution in [2.45, 2.75) is 39.2 Å². The van der Waals surface area contributed by atoms with E-state index in [-0.39, 0.29) is 30.4 Å². The van der Waals surface area contributed by atoms with Crippen LogP contribution in [0.5, 0.6) is 0 Å². The maximum atomic E-state index is 12.3. The van der Waals surface area contributed by atoms with Crippen LogP contribution in [0.2, 0.25) is 0 Å². The molecular formula is C17H22O4. The Morgan fingerprint density at radius 1 is 1.00 bits per heavy atom. The van der Waals surface area contributed by atoms with E-state index in [1.165, 1.54) is 0 Å². The van der Waals surface area contributed by atoms with Crippen molar-refractivity contribution in [2.24, 2.45) is 11.8 Å². The van der Waals surface area contributed by atoms with Crippen LogP contribution < -0.4 is 0 Å². The number of carbonyl (C=O) groups excluding carboxylic acids is 2. The normalized spacial score (nSPS) is 21.6. The second-order valence-corrected chi connectivity index (χ2v) is 5.34. The molecule has 0 heterocycles. The lowest BCUT2D eigenvalue weighted by atomic mass is 9.79. The average molecular weight is 290 g/mol. The van der Waals surface area contributed by atoms with Crippen LogP contribution in [0, 0.1) is 11.8 Å². The van der Waals surface area contributed by atoms with E-state index < -0.39 is 0 Å². The van der Waals surface area contributed by atoms with Crippen molar-refractivity contribution < 1.29 is 19.1 Å². The molecule has 1 saturated carbocycles. The number of ether oxygens (including phenoxy) is 2. The molecule has 1 aliphatic rings. The molecule has 1 aliphatic carbocycles. The minimum absolute atomic E-state index is 0.256. The van der Waals surface area contributed by atoms with Crippen molar-refractivity contribution in [1.29, 1.82) is 0 Å². The van der Waals surface area contributed by atoms with Crippen LogP contribution in [0.4, 0.5) is 0 Å². The molecule has 21 heavy (non-hydrogen) atoms. The lowest BCUT2D eigenvalue weighted by Crippen LogP contribution is -2.35. The van der Waals surface area contributed by atoms with Gasteiger partial charge in [0.25, 0.3) is 0 Å². The monoisotopic (exact) mass is 290 g/mol. The van der Waals surface area contributed by atoms with Gasteiger partial charge in [-0.25, -0.2) is 0 Å². The third kappa shape index (κ3) is 4.31. The molecule has 0 bridgehead atoms. The Bertz CT molecular complexity index is 469. The van der Waals surface area contributed by atoms with E-state index in [1.807, 2.05) is 30.3 Å². The van der Waals surface area contributed by atoms with Gasteiger partial charge in [-0.2, -0.15) is 0 Å². The van der Waals surface area contributed by atoms with Gasteiger partial charge in [-0.1, -0.05) is 43.2 Å². The van der Waals surface area contributed by atoms with Crippen LogP contribution >= 0.6 is 0 Å². The number of rotatable bonds is 5. The number of benzene rings is 1. The van der Waals surface area contributed by atoms with E-state index in [4.69, 9.17) is 9.47 Å². The highest BCUT2D eigenvalue weighted by molar-refractivity contribution is 5.82. The summed E-state index contributed by atoms with van der Waals surface area (Å²) in [5.41, 5.74) is 0.953. The Balaban J connectivity index is 1.93. The predicted octanol–water partition coefficient (Wildman–Crippen LogP) is 3.10. The molecule has 0 spiro atoms. The molecule has 114 valence electrons. The molecule has 0 aromatic heterocycles. The first-order chi connectivity index (χ1) is 10.2. The summed E-state index contributed by atoms with van der Waals surface area (Å²) in [7, 11) is 0. The standard InChI is InChI=1S/C17H22O4/c1-2-20-16(18)14-10-6-7-11-15(14)17(19)21-12-13-8-4-3-5-9-13/h3-5,8-9,14-15H,2,6-7,10-12H2,1H3. The Labute approximate surface area is 125 Å². The quantitative estimate of drug-likeness (QED) is 0.782. The van der Waals surface area contributed by atoms with Crippen LogP contribution in [-0.4, -0.2) is 18.5 Å². The number of hydrogen-bond acceptors (Lipinski definition) is 4. The topological polar surface area (TPSA) is 52.6 Å². The van der Waals surface area contributed by atoms with E-state index in [1.54, 1.807) is 6.92 Å². The fraction of sp³-hybridized carbons (Fsp3) is 0.529. The molecular weight excluding hydrogens is 268 g/mol. The lowest BCUT2D eigenvalue weighted by Gasteiger charge is -2.28. The summed E-state index contributed by atoms with van der Waals surface area (Å²) in [4.78, 5) is 24.2. The first-order valence-corrected chi connectivity index (χ1v) is 7.59. The smallest absolute Gasteiger partial charge is 0.310 e. The molecule has 1 aromatic carbocycles. The van der Waals surface area contributed by atoms with Crippen molar-refractivity contribution in [3.05, 3.63) is 35.9 Å². The molecule has 2 unspecified atom stereocenters. The lowest BCUT2D eigenvalue weighted by molar-refractivity contribution is -0.163. The molecule has 2 atom stereocenters. The molecule has 0 amide bonds. The summed E-state index contributed by atoms with van der Waals surface area (Å²) < 4.78 is 10.5. The predicted molar refractivity (Wildman–Crippen MR) is 78.3 cm³/mol. The highest BCUT2D eigenvalue weighted by Crippen LogP contribution is 2.32. The maximum Gasteiger partial charge on any atom is 0.310 e. The first-order valence-electron chi connectivity index (χ1n) is 7.59. The minimum Gasteiger partial charge on any atom is -0.466 e. The van der Waals surface area contributed by atoms with Gasteiger partial charge in [0, 0.05) is 0 Å². The average Bonchev–Trinajstić information content (AvgIpc) is 2.54. The molecule has 4 nitrogen and oxygen atoms in total. The largest absolute Gasteiger partial charge is 0.466 e. The van der Waals surface area contributed by atoms with Crippen LogP contribution in [0.15, 0.2) is 30.3 Å². The highest BCUT2D eigenvalue weighted by atomic mass is 16.5. The van der Waals surface area contributed by atoms with Crippen molar-refractivity contribution >= 4 is 11.9 Å². The summed E-state index contributed by atoms with van der Waals surface area (Å²) in [6.07, 6.45) is 3.34. The fourth-order valence-electron chi connectivity index (χ4n) is 2.78. The Morgan fingerprint density at radius 3 is 2.14 bits per heavy atom. The Morgan fingerprint density at radius 2 is 1.57 bits per heavy atom. The Hall–Kier alpha value is -1.84. The minimum atomic E-state index is -0.360. The first kappa shape index (κ1) is 15.5. The number of hydrogen-bond donors (Lipinski definition) is 0. The van der Waals surface area contributed by atoms with Gasteiger partial charge in [0.15, 0.2) is 0 Å². The van der Waals surface area contributed by atoms with Crippen molar-refractivity contribution in [3.8, 4) is 0 Å². The summed E-state index contributed by atoms with van der Waals surface area (Å²) in [5, 5.41) is 0.